The van der Waals surface area contributed by atoms with Gasteiger partial charge in [-0.2, -0.15) is 0 Å². The molecule has 0 spiro atoms. The molecule has 0 unspecified atom stereocenters. The molecule has 3 rings (SSSR count). The van der Waals surface area contributed by atoms with Gasteiger partial charge in [0, 0.05) is 17.8 Å². The van der Waals surface area contributed by atoms with Gasteiger partial charge in [-0.15, -0.1) is 6.58 Å². The summed E-state index contributed by atoms with van der Waals surface area (Å²) >= 11 is 0. The number of aryl methyl sites for hydroxylation is 2. The molecule has 0 aliphatic rings. The number of nitrogens with one attached hydrogen (secondary N) is 1. The van der Waals surface area contributed by atoms with E-state index in [1.165, 1.54) is 23.3 Å². The molecule has 162 valence electrons. The molecule has 3 aromatic rings. The molecule has 0 saturated heterocycles. The van der Waals surface area contributed by atoms with E-state index >= 15 is 0 Å². The third-order valence-corrected chi connectivity index (χ3v) is 5.02. The van der Waals surface area contributed by atoms with Crippen LogP contribution in [0.1, 0.15) is 34.7 Å². The monoisotopic (exact) mass is 419 g/mol. The Bertz CT molecular complexity index is 1030. The van der Waals surface area contributed by atoms with Gasteiger partial charge in [-0.05, 0) is 74.2 Å². The number of ether oxygens (including phenoxy) is 2. The lowest BCUT2D eigenvalue weighted by Gasteiger charge is -2.18. The quantitative estimate of drug-likeness (QED) is 0.368. The smallest absolute Gasteiger partial charge is 0.165 e. The highest BCUT2D eigenvalue weighted by atomic mass is 19.1. The standard InChI is InChI=1S/C27H30FNO2/c1-5-7-23-15-22(17-29-25-13-8-19(3)14-20(25)4)16-26(30-6-2)27(23)31-18-21-9-11-24(28)12-10-21/h5,8-16,29H,1,6-7,17-18H2,2-4H3. The average molecular weight is 420 g/mol. The zero-order chi connectivity index (χ0) is 22.2. The van der Waals surface area contributed by atoms with E-state index in [0.29, 0.717) is 37.7 Å². The van der Waals surface area contributed by atoms with Gasteiger partial charge in [0.05, 0.1) is 6.61 Å². The van der Waals surface area contributed by atoms with E-state index in [4.69, 9.17) is 9.47 Å². The number of halogens is 1. The van der Waals surface area contributed by atoms with Crippen molar-refractivity contribution in [3.8, 4) is 11.5 Å². The van der Waals surface area contributed by atoms with Crippen LogP contribution < -0.4 is 14.8 Å². The van der Waals surface area contributed by atoms with E-state index in [2.05, 4.69) is 50.0 Å². The molecule has 0 fully saturated rings. The van der Waals surface area contributed by atoms with Crippen LogP contribution in [0.5, 0.6) is 11.5 Å². The van der Waals surface area contributed by atoms with Gasteiger partial charge < -0.3 is 14.8 Å². The van der Waals surface area contributed by atoms with Gasteiger partial charge in [-0.25, -0.2) is 4.39 Å². The number of allylic oxidation sites excluding steroid dienone is 1. The highest BCUT2D eigenvalue weighted by Gasteiger charge is 2.14. The van der Waals surface area contributed by atoms with Crippen LogP contribution in [0.2, 0.25) is 0 Å². The largest absolute Gasteiger partial charge is 0.490 e. The Hall–Kier alpha value is -3.27. The van der Waals surface area contributed by atoms with Crippen molar-refractivity contribution in [2.24, 2.45) is 0 Å². The van der Waals surface area contributed by atoms with Gasteiger partial charge in [0.25, 0.3) is 0 Å². The molecule has 3 aromatic carbocycles. The third kappa shape index (κ3) is 6.11. The Labute approximate surface area is 184 Å². The van der Waals surface area contributed by atoms with E-state index in [1.54, 1.807) is 12.1 Å². The lowest BCUT2D eigenvalue weighted by molar-refractivity contribution is 0.267. The van der Waals surface area contributed by atoms with Gasteiger partial charge in [0.15, 0.2) is 11.5 Å². The highest BCUT2D eigenvalue weighted by molar-refractivity contribution is 5.54. The van der Waals surface area contributed by atoms with Gasteiger partial charge in [0.2, 0.25) is 0 Å². The Morgan fingerprint density at radius 2 is 1.74 bits per heavy atom. The SMILES string of the molecule is C=CCc1cc(CNc2ccc(C)cc2C)cc(OCC)c1OCc1ccc(F)cc1. The van der Waals surface area contributed by atoms with E-state index in [1.807, 2.05) is 19.1 Å². The zero-order valence-electron chi connectivity index (χ0n) is 18.5. The molecule has 31 heavy (non-hydrogen) atoms. The first kappa shape index (κ1) is 22.4. The van der Waals surface area contributed by atoms with Crippen molar-refractivity contribution in [2.45, 2.75) is 40.3 Å². The number of hydrogen-bond acceptors (Lipinski definition) is 3. The van der Waals surface area contributed by atoms with Crippen LogP contribution in [0.4, 0.5) is 10.1 Å². The summed E-state index contributed by atoms with van der Waals surface area (Å²) in [6.07, 6.45) is 2.52. The van der Waals surface area contributed by atoms with Crippen LogP contribution in [0, 0.1) is 19.7 Å². The fourth-order valence-corrected chi connectivity index (χ4v) is 3.50. The molecule has 0 bridgehead atoms. The maximum atomic E-state index is 13.2. The van der Waals surface area contributed by atoms with Crippen LogP contribution in [-0.4, -0.2) is 6.61 Å². The average Bonchev–Trinajstić information content (AvgIpc) is 2.74. The summed E-state index contributed by atoms with van der Waals surface area (Å²) in [5.74, 6) is 1.16. The first-order chi connectivity index (χ1) is 15.0. The predicted molar refractivity (Wildman–Crippen MR) is 125 cm³/mol. The molecule has 0 heterocycles. The second kappa shape index (κ2) is 10.7. The van der Waals surface area contributed by atoms with Crippen molar-refractivity contribution in [3.63, 3.8) is 0 Å². The van der Waals surface area contributed by atoms with Crippen molar-refractivity contribution < 1.29 is 13.9 Å². The number of benzene rings is 3. The molecular weight excluding hydrogens is 389 g/mol. The number of rotatable bonds is 10. The topological polar surface area (TPSA) is 30.5 Å². The van der Waals surface area contributed by atoms with Crippen molar-refractivity contribution in [1.82, 2.24) is 0 Å². The minimum absolute atomic E-state index is 0.258. The summed E-state index contributed by atoms with van der Waals surface area (Å²) in [4.78, 5) is 0. The van der Waals surface area contributed by atoms with E-state index in [-0.39, 0.29) is 5.82 Å². The Morgan fingerprint density at radius 1 is 0.968 bits per heavy atom. The van der Waals surface area contributed by atoms with Crippen LogP contribution in [0.3, 0.4) is 0 Å². The zero-order valence-corrected chi connectivity index (χ0v) is 18.5. The molecule has 0 saturated carbocycles. The van der Waals surface area contributed by atoms with Gasteiger partial charge >= 0.3 is 0 Å². The molecule has 0 aliphatic heterocycles. The van der Waals surface area contributed by atoms with E-state index < -0.39 is 0 Å². The first-order valence-corrected chi connectivity index (χ1v) is 10.6. The molecule has 3 nitrogen and oxygen atoms in total. The van der Waals surface area contributed by atoms with Crippen molar-refractivity contribution in [3.05, 3.63) is 101 Å². The van der Waals surface area contributed by atoms with Gasteiger partial charge in [0.1, 0.15) is 12.4 Å². The fourth-order valence-electron chi connectivity index (χ4n) is 3.50. The molecule has 0 amide bonds. The maximum Gasteiger partial charge on any atom is 0.165 e. The number of hydrogen-bond donors (Lipinski definition) is 1. The molecule has 0 aromatic heterocycles. The summed E-state index contributed by atoms with van der Waals surface area (Å²) in [5, 5.41) is 3.52. The minimum atomic E-state index is -0.258. The van der Waals surface area contributed by atoms with Gasteiger partial charge in [-0.1, -0.05) is 35.9 Å². The third-order valence-electron chi connectivity index (χ3n) is 5.02. The second-order valence-corrected chi connectivity index (χ2v) is 7.60. The number of anilines is 1. The predicted octanol–water partition coefficient (Wildman–Crippen LogP) is 6.76. The molecule has 1 N–H and O–H groups in total. The van der Waals surface area contributed by atoms with E-state index in [0.717, 1.165) is 22.4 Å². The summed E-state index contributed by atoms with van der Waals surface area (Å²) in [7, 11) is 0. The summed E-state index contributed by atoms with van der Waals surface area (Å²) < 4.78 is 25.2. The molecule has 4 heteroatoms. The Kier molecular flexibility index (Phi) is 7.71. The van der Waals surface area contributed by atoms with Gasteiger partial charge in [-0.3, -0.25) is 0 Å². The fraction of sp³-hybridized carbons (Fsp3) is 0.259. The molecule has 0 radical (unpaired) electrons. The normalized spacial score (nSPS) is 10.6. The van der Waals surface area contributed by atoms with Crippen LogP contribution in [0.25, 0.3) is 0 Å². The summed E-state index contributed by atoms with van der Waals surface area (Å²) in [5.41, 5.74) is 6.60. The lowest BCUT2D eigenvalue weighted by Crippen LogP contribution is -2.06. The maximum absolute atomic E-state index is 13.2. The lowest BCUT2D eigenvalue weighted by atomic mass is 10.0. The van der Waals surface area contributed by atoms with Crippen LogP contribution >= 0.6 is 0 Å². The van der Waals surface area contributed by atoms with Crippen molar-refractivity contribution in [2.75, 3.05) is 11.9 Å². The van der Waals surface area contributed by atoms with Crippen molar-refractivity contribution in [1.29, 1.82) is 0 Å². The van der Waals surface area contributed by atoms with Crippen LogP contribution in [-0.2, 0) is 19.6 Å². The van der Waals surface area contributed by atoms with Crippen LogP contribution in [0.15, 0.2) is 67.3 Å². The second-order valence-electron chi connectivity index (χ2n) is 7.60. The Balaban J connectivity index is 1.84. The molecule has 0 atom stereocenters. The first-order valence-electron chi connectivity index (χ1n) is 10.6. The summed E-state index contributed by atoms with van der Waals surface area (Å²) in [6.45, 7) is 11.6. The van der Waals surface area contributed by atoms with E-state index in [9.17, 15) is 4.39 Å². The Morgan fingerprint density at radius 3 is 2.42 bits per heavy atom. The molecule has 0 aliphatic carbocycles. The van der Waals surface area contributed by atoms with Crippen molar-refractivity contribution >= 4 is 5.69 Å². The highest BCUT2D eigenvalue weighted by Crippen LogP contribution is 2.35. The minimum Gasteiger partial charge on any atom is -0.490 e. The molecular formula is C27H30FNO2. The summed E-state index contributed by atoms with van der Waals surface area (Å²) in [6, 6.07) is 16.9.